The number of benzene rings is 2. The molecule has 0 fully saturated rings. The minimum Gasteiger partial charge on any atom is -0.481 e. The van der Waals surface area contributed by atoms with E-state index in [0.717, 1.165) is 17.4 Å². The van der Waals surface area contributed by atoms with Gasteiger partial charge in [-0.05, 0) is 38.4 Å². The highest BCUT2D eigenvalue weighted by atomic mass is 35.5. The lowest BCUT2D eigenvalue weighted by Gasteiger charge is -2.22. The molecule has 3 rings (SSSR count). The highest BCUT2D eigenvalue weighted by Gasteiger charge is 2.34. The fourth-order valence-corrected chi connectivity index (χ4v) is 3.72. The standard InChI is InChI=1S/C20H19F4N3O2S.ClH/c1-26(2)10-11-27(17(28)12-29-15-8-4-3-7-14(15)21)19-25-18-13(20(22,23)24)6-5-9-16(18)30-19;/h3-9H,10-12H2,1-2H3;1H. The van der Waals surface area contributed by atoms with Gasteiger partial charge in [0, 0.05) is 13.1 Å². The van der Waals surface area contributed by atoms with Gasteiger partial charge in [-0.25, -0.2) is 9.37 Å². The zero-order chi connectivity index (χ0) is 21.9. The topological polar surface area (TPSA) is 45.7 Å². The zero-order valence-electron chi connectivity index (χ0n) is 16.6. The van der Waals surface area contributed by atoms with Crippen molar-refractivity contribution in [2.75, 3.05) is 38.7 Å². The van der Waals surface area contributed by atoms with Gasteiger partial charge < -0.3 is 9.64 Å². The number of ether oxygens (including phenoxy) is 1. The van der Waals surface area contributed by atoms with Crippen molar-refractivity contribution in [3.63, 3.8) is 0 Å². The molecule has 168 valence electrons. The molecule has 0 unspecified atom stereocenters. The number of amides is 1. The number of carbonyl (C=O) groups excluding carboxylic acids is 1. The Hall–Kier alpha value is -2.43. The summed E-state index contributed by atoms with van der Waals surface area (Å²) >= 11 is 0.986. The minimum atomic E-state index is -4.56. The smallest absolute Gasteiger partial charge is 0.418 e. The first kappa shape index (κ1) is 24.8. The van der Waals surface area contributed by atoms with Crippen LogP contribution in [0.15, 0.2) is 42.5 Å². The SMILES string of the molecule is CN(C)CCN(C(=O)COc1ccccc1F)c1nc2c(C(F)(F)F)cccc2s1.Cl. The number of alkyl halides is 3. The maximum absolute atomic E-state index is 13.7. The number of anilines is 1. The molecule has 1 amide bonds. The van der Waals surface area contributed by atoms with Gasteiger partial charge in [0.2, 0.25) is 0 Å². The highest BCUT2D eigenvalue weighted by molar-refractivity contribution is 7.22. The number of carbonyl (C=O) groups is 1. The monoisotopic (exact) mass is 477 g/mol. The fraction of sp³-hybridized carbons (Fsp3) is 0.300. The van der Waals surface area contributed by atoms with Crippen molar-refractivity contribution in [1.82, 2.24) is 9.88 Å². The Kier molecular flexibility index (Phi) is 8.21. The van der Waals surface area contributed by atoms with Gasteiger partial charge in [-0.1, -0.05) is 29.5 Å². The molecule has 0 saturated carbocycles. The number of para-hydroxylation sites is 2. The van der Waals surface area contributed by atoms with Gasteiger partial charge in [-0.2, -0.15) is 13.2 Å². The molecule has 11 heteroatoms. The molecule has 5 nitrogen and oxygen atoms in total. The van der Waals surface area contributed by atoms with Crippen LogP contribution in [0.1, 0.15) is 5.56 Å². The fourth-order valence-electron chi connectivity index (χ4n) is 2.69. The van der Waals surface area contributed by atoms with Crippen LogP contribution in [0.2, 0.25) is 0 Å². The van der Waals surface area contributed by atoms with E-state index in [0.29, 0.717) is 11.2 Å². The summed E-state index contributed by atoms with van der Waals surface area (Å²) in [6.07, 6.45) is -4.56. The van der Waals surface area contributed by atoms with Crippen molar-refractivity contribution in [3.8, 4) is 5.75 Å². The Labute approximate surface area is 186 Å². The maximum atomic E-state index is 13.7. The molecule has 0 N–H and O–H groups in total. The van der Waals surface area contributed by atoms with Crippen molar-refractivity contribution < 1.29 is 27.1 Å². The van der Waals surface area contributed by atoms with Crippen LogP contribution in [0.5, 0.6) is 5.75 Å². The lowest BCUT2D eigenvalue weighted by Crippen LogP contribution is -2.39. The number of thiazole rings is 1. The molecule has 1 heterocycles. The van der Waals surface area contributed by atoms with Gasteiger partial charge in [0.05, 0.1) is 15.8 Å². The quantitative estimate of drug-likeness (QED) is 0.456. The molecule has 0 atom stereocenters. The molecule has 0 spiro atoms. The van der Waals surface area contributed by atoms with Gasteiger partial charge in [0.25, 0.3) is 5.91 Å². The number of fused-ring (bicyclic) bond motifs is 1. The molecule has 2 aromatic carbocycles. The van der Waals surface area contributed by atoms with Crippen LogP contribution in [0.4, 0.5) is 22.7 Å². The van der Waals surface area contributed by atoms with Gasteiger partial charge in [0.15, 0.2) is 23.3 Å². The number of hydrogen-bond donors (Lipinski definition) is 0. The van der Waals surface area contributed by atoms with Crippen LogP contribution in [-0.4, -0.2) is 49.6 Å². The third kappa shape index (κ3) is 6.05. The summed E-state index contributed by atoms with van der Waals surface area (Å²) in [5.74, 6) is -1.23. The predicted molar refractivity (Wildman–Crippen MR) is 115 cm³/mol. The van der Waals surface area contributed by atoms with E-state index < -0.39 is 30.1 Å². The molecule has 0 aliphatic rings. The van der Waals surface area contributed by atoms with E-state index in [1.54, 1.807) is 20.2 Å². The summed E-state index contributed by atoms with van der Waals surface area (Å²) in [6.45, 7) is 0.164. The molecule has 31 heavy (non-hydrogen) atoms. The van der Waals surface area contributed by atoms with Gasteiger partial charge in [-0.3, -0.25) is 9.69 Å². The Morgan fingerprint density at radius 2 is 1.81 bits per heavy atom. The third-order valence-corrected chi connectivity index (χ3v) is 5.25. The molecular weight excluding hydrogens is 458 g/mol. The van der Waals surface area contributed by atoms with Gasteiger partial charge in [-0.15, -0.1) is 12.4 Å². The van der Waals surface area contributed by atoms with Crippen molar-refractivity contribution >= 4 is 45.0 Å². The maximum Gasteiger partial charge on any atom is 0.418 e. The molecule has 0 bridgehead atoms. The second-order valence-electron chi connectivity index (χ2n) is 6.71. The van der Waals surface area contributed by atoms with Gasteiger partial charge in [0.1, 0.15) is 0 Å². The first-order valence-corrected chi connectivity index (χ1v) is 9.77. The average molecular weight is 478 g/mol. The summed E-state index contributed by atoms with van der Waals surface area (Å²) in [5, 5.41) is 0.130. The summed E-state index contributed by atoms with van der Waals surface area (Å²) < 4.78 is 59.3. The second kappa shape index (κ2) is 10.3. The van der Waals surface area contributed by atoms with Crippen LogP contribution in [0.3, 0.4) is 0 Å². The highest BCUT2D eigenvalue weighted by Crippen LogP contribution is 2.38. The molecule has 1 aromatic heterocycles. The molecule has 0 saturated heterocycles. The van der Waals surface area contributed by atoms with E-state index in [9.17, 15) is 22.4 Å². The van der Waals surface area contributed by atoms with E-state index in [1.807, 2.05) is 4.90 Å². The molecule has 0 aliphatic carbocycles. The van der Waals surface area contributed by atoms with Crippen molar-refractivity contribution in [3.05, 3.63) is 53.8 Å². The number of rotatable bonds is 7. The van der Waals surface area contributed by atoms with E-state index in [4.69, 9.17) is 4.74 Å². The second-order valence-corrected chi connectivity index (χ2v) is 7.72. The van der Waals surface area contributed by atoms with Crippen molar-refractivity contribution in [2.45, 2.75) is 6.18 Å². The first-order valence-electron chi connectivity index (χ1n) is 8.96. The summed E-state index contributed by atoms with van der Waals surface area (Å²) in [7, 11) is 3.61. The van der Waals surface area contributed by atoms with Crippen LogP contribution >= 0.6 is 23.7 Å². The summed E-state index contributed by atoms with van der Waals surface area (Å²) in [6, 6.07) is 9.44. The Morgan fingerprint density at radius 3 is 2.45 bits per heavy atom. The van der Waals surface area contributed by atoms with E-state index >= 15 is 0 Å². The van der Waals surface area contributed by atoms with Crippen LogP contribution in [0, 0.1) is 5.82 Å². The molecule has 3 aromatic rings. The molecule has 0 radical (unpaired) electrons. The number of likely N-dealkylation sites (N-methyl/N-ethyl adjacent to an activating group) is 1. The zero-order valence-corrected chi connectivity index (χ0v) is 18.3. The van der Waals surface area contributed by atoms with E-state index in [-0.39, 0.29) is 35.3 Å². The average Bonchev–Trinajstić information content (AvgIpc) is 3.10. The van der Waals surface area contributed by atoms with E-state index in [2.05, 4.69) is 4.98 Å². The predicted octanol–water partition coefficient (Wildman–Crippen LogP) is 4.85. The minimum absolute atomic E-state index is 0. The van der Waals surface area contributed by atoms with Crippen molar-refractivity contribution in [2.24, 2.45) is 0 Å². The third-order valence-electron chi connectivity index (χ3n) is 4.20. The van der Waals surface area contributed by atoms with Crippen LogP contribution < -0.4 is 9.64 Å². The van der Waals surface area contributed by atoms with Gasteiger partial charge >= 0.3 is 6.18 Å². The largest absolute Gasteiger partial charge is 0.481 e. The number of halogens is 5. The Balaban J connectivity index is 0.00000341. The lowest BCUT2D eigenvalue weighted by molar-refractivity contribution is -0.136. The van der Waals surface area contributed by atoms with Crippen molar-refractivity contribution in [1.29, 1.82) is 0 Å². The summed E-state index contributed by atoms with van der Waals surface area (Å²) in [4.78, 5) is 20.0. The number of aromatic nitrogens is 1. The first-order chi connectivity index (χ1) is 14.2. The Bertz CT molecular complexity index is 1040. The summed E-state index contributed by atoms with van der Waals surface area (Å²) in [5.41, 5.74) is -1.06. The normalized spacial score (nSPS) is 11.5. The van der Waals surface area contributed by atoms with E-state index in [1.165, 1.54) is 35.2 Å². The van der Waals surface area contributed by atoms with Crippen LogP contribution in [0.25, 0.3) is 10.2 Å². The molecule has 0 aliphatic heterocycles. The lowest BCUT2D eigenvalue weighted by atomic mass is 10.2. The van der Waals surface area contributed by atoms with Crippen LogP contribution in [-0.2, 0) is 11.0 Å². The molecular formula is C20H20ClF4N3O2S. The number of hydrogen-bond acceptors (Lipinski definition) is 5. The Morgan fingerprint density at radius 1 is 1.10 bits per heavy atom. The number of nitrogens with zero attached hydrogens (tertiary/aromatic N) is 3.